The van der Waals surface area contributed by atoms with Crippen LogP contribution in [0.15, 0.2) is 24.3 Å². The number of likely N-dealkylation sites (tertiary alicyclic amines) is 1. The molecular weight excluding hydrogens is 434 g/mol. The van der Waals surface area contributed by atoms with Crippen LogP contribution in [-0.2, 0) is 0 Å². The highest BCUT2D eigenvalue weighted by Gasteiger charge is 2.55. The highest BCUT2D eigenvalue weighted by molar-refractivity contribution is 5.60. The van der Waals surface area contributed by atoms with Gasteiger partial charge in [0.05, 0.1) is 21.3 Å². The molecular formula is C27H33NO6. The fourth-order valence-electron chi connectivity index (χ4n) is 6.63. The van der Waals surface area contributed by atoms with Gasteiger partial charge in [0.15, 0.2) is 28.7 Å². The van der Waals surface area contributed by atoms with Crippen LogP contribution < -0.4 is 28.4 Å². The van der Waals surface area contributed by atoms with Crippen molar-refractivity contribution >= 4 is 0 Å². The maximum Gasteiger partial charge on any atom is 0.231 e. The second-order valence-electron chi connectivity index (χ2n) is 9.67. The quantitative estimate of drug-likeness (QED) is 0.617. The van der Waals surface area contributed by atoms with Crippen LogP contribution in [0, 0.1) is 5.92 Å². The van der Waals surface area contributed by atoms with E-state index in [1.165, 1.54) is 25.7 Å². The first-order valence-electron chi connectivity index (χ1n) is 12.4. The second kappa shape index (κ2) is 8.45. The van der Waals surface area contributed by atoms with Crippen LogP contribution in [0.3, 0.4) is 0 Å². The molecule has 0 amide bonds. The van der Waals surface area contributed by atoms with Gasteiger partial charge in [0.2, 0.25) is 12.5 Å². The standard InChI is InChI=1S/C27H33NO6/c1-29-23-12-17(13-24(30-2)26(23)31-3)25-18-14-21-22(33-16-32-21)15-20(18)34-27(28-10-6-7-11-28)9-5-4-8-19(25)27/h12-15,19,25H,4-11,16H2,1-3H3/t19-,25-,27-/m1/s1. The van der Waals surface area contributed by atoms with Crippen LogP contribution in [0.2, 0.25) is 0 Å². The van der Waals surface area contributed by atoms with Crippen molar-refractivity contribution in [3.63, 3.8) is 0 Å². The Kier molecular flexibility index (Phi) is 5.40. The molecule has 1 aliphatic carbocycles. The van der Waals surface area contributed by atoms with Crippen LogP contribution in [0.4, 0.5) is 0 Å². The molecule has 3 atom stereocenters. The maximum atomic E-state index is 7.05. The number of hydrogen-bond acceptors (Lipinski definition) is 7. The third-order valence-corrected chi connectivity index (χ3v) is 8.10. The molecule has 2 fully saturated rings. The van der Waals surface area contributed by atoms with Crippen molar-refractivity contribution in [3.8, 4) is 34.5 Å². The molecule has 34 heavy (non-hydrogen) atoms. The molecule has 3 aliphatic heterocycles. The van der Waals surface area contributed by atoms with Crippen molar-refractivity contribution in [2.24, 2.45) is 5.92 Å². The fraction of sp³-hybridized carbons (Fsp3) is 0.556. The van der Waals surface area contributed by atoms with Gasteiger partial charge in [-0.3, -0.25) is 4.90 Å². The summed E-state index contributed by atoms with van der Waals surface area (Å²) in [6, 6.07) is 8.36. The third kappa shape index (κ3) is 3.20. The van der Waals surface area contributed by atoms with Gasteiger partial charge in [-0.1, -0.05) is 6.42 Å². The van der Waals surface area contributed by atoms with Crippen molar-refractivity contribution in [2.75, 3.05) is 41.2 Å². The Balaban J connectivity index is 1.57. The summed E-state index contributed by atoms with van der Waals surface area (Å²) in [5.41, 5.74) is 1.97. The number of nitrogens with zero attached hydrogens (tertiary/aromatic N) is 1. The number of methoxy groups -OCH3 is 3. The highest BCUT2D eigenvalue weighted by atomic mass is 16.7. The van der Waals surface area contributed by atoms with E-state index in [2.05, 4.69) is 23.1 Å². The summed E-state index contributed by atoms with van der Waals surface area (Å²) in [4.78, 5) is 2.61. The van der Waals surface area contributed by atoms with Gasteiger partial charge in [-0.2, -0.15) is 0 Å². The zero-order chi connectivity index (χ0) is 23.3. The molecule has 0 N–H and O–H groups in total. The van der Waals surface area contributed by atoms with E-state index < -0.39 is 0 Å². The minimum Gasteiger partial charge on any atom is -0.493 e. The van der Waals surface area contributed by atoms with E-state index in [9.17, 15) is 0 Å². The van der Waals surface area contributed by atoms with Crippen molar-refractivity contribution in [3.05, 3.63) is 35.4 Å². The number of fused-ring (bicyclic) bond motifs is 3. The highest BCUT2D eigenvalue weighted by Crippen LogP contribution is 2.58. The Morgan fingerprint density at radius 2 is 1.53 bits per heavy atom. The molecule has 3 heterocycles. The summed E-state index contributed by atoms with van der Waals surface area (Å²) in [6.45, 7) is 2.41. The normalized spacial score (nSPS) is 27.5. The van der Waals surface area contributed by atoms with E-state index in [1.54, 1.807) is 21.3 Å². The van der Waals surface area contributed by atoms with E-state index in [0.717, 1.165) is 54.3 Å². The average Bonchev–Trinajstić information content (AvgIpc) is 3.57. The molecule has 1 saturated carbocycles. The Labute approximate surface area is 200 Å². The molecule has 4 aliphatic rings. The van der Waals surface area contributed by atoms with E-state index in [0.29, 0.717) is 23.2 Å². The molecule has 182 valence electrons. The Hall–Kier alpha value is -2.80. The molecule has 7 heteroatoms. The van der Waals surface area contributed by atoms with Crippen LogP contribution in [0.1, 0.15) is 55.6 Å². The number of benzene rings is 2. The van der Waals surface area contributed by atoms with Gasteiger partial charge in [0, 0.05) is 43.0 Å². The largest absolute Gasteiger partial charge is 0.493 e. The Bertz CT molecular complexity index is 1060. The number of hydrogen-bond donors (Lipinski definition) is 0. The van der Waals surface area contributed by atoms with Gasteiger partial charge in [-0.05, 0) is 49.4 Å². The first kappa shape index (κ1) is 21.7. The maximum absolute atomic E-state index is 7.05. The Morgan fingerprint density at radius 1 is 0.824 bits per heavy atom. The topological polar surface area (TPSA) is 58.6 Å². The zero-order valence-electron chi connectivity index (χ0n) is 20.2. The van der Waals surface area contributed by atoms with E-state index in [1.807, 2.05) is 6.07 Å². The molecule has 2 aromatic rings. The first-order valence-corrected chi connectivity index (χ1v) is 12.4. The summed E-state index contributed by atoms with van der Waals surface area (Å²) < 4.78 is 35.7. The van der Waals surface area contributed by atoms with Crippen LogP contribution >= 0.6 is 0 Å². The summed E-state index contributed by atoms with van der Waals surface area (Å²) in [5, 5.41) is 0. The zero-order valence-corrected chi connectivity index (χ0v) is 20.2. The summed E-state index contributed by atoms with van der Waals surface area (Å²) in [5.74, 6) is 4.80. The van der Waals surface area contributed by atoms with Crippen molar-refractivity contribution in [1.82, 2.24) is 4.90 Å². The molecule has 1 saturated heterocycles. The van der Waals surface area contributed by atoms with Gasteiger partial charge >= 0.3 is 0 Å². The van der Waals surface area contributed by atoms with Crippen molar-refractivity contribution in [2.45, 2.75) is 50.2 Å². The Morgan fingerprint density at radius 3 is 2.21 bits per heavy atom. The van der Waals surface area contributed by atoms with Crippen molar-refractivity contribution < 1.29 is 28.4 Å². The smallest absolute Gasteiger partial charge is 0.231 e. The lowest BCUT2D eigenvalue weighted by Gasteiger charge is -2.55. The SMILES string of the molecule is COc1cc([C@@H]2c3cc4c(cc3O[C@]3(N5CCCC5)CCCC[C@H]23)OCO4)cc(OC)c1OC. The minimum absolute atomic E-state index is 0.104. The number of ether oxygens (including phenoxy) is 6. The van der Waals surface area contributed by atoms with Gasteiger partial charge in [-0.15, -0.1) is 0 Å². The predicted molar refractivity (Wildman–Crippen MR) is 127 cm³/mol. The third-order valence-electron chi connectivity index (χ3n) is 8.10. The molecule has 2 aromatic carbocycles. The van der Waals surface area contributed by atoms with Gasteiger partial charge in [0.25, 0.3) is 0 Å². The molecule has 0 spiro atoms. The number of rotatable bonds is 5. The average molecular weight is 468 g/mol. The van der Waals surface area contributed by atoms with E-state index in [-0.39, 0.29) is 18.4 Å². The first-order chi connectivity index (χ1) is 16.7. The van der Waals surface area contributed by atoms with Gasteiger partial charge < -0.3 is 28.4 Å². The molecule has 0 unspecified atom stereocenters. The summed E-state index contributed by atoms with van der Waals surface area (Å²) in [6.07, 6.45) is 6.96. The van der Waals surface area contributed by atoms with Crippen LogP contribution in [-0.4, -0.2) is 51.8 Å². The van der Waals surface area contributed by atoms with E-state index >= 15 is 0 Å². The molecule has 0 radical (unpaired) electrons. The lowest BCUT2D eigenvalue weighted by Crippen LogP contribution is -2.61. The lowest BCUT2D eigenvalue weighted by molar-refractivity contribution is -0.154. The molecule has 6 rings (SSSR count). The van der Waals surface area contributed by atoms with Crippen LogP contribution in [0.5, 0.6) is 34.5 Å². The van der Waals surface area contributed by atoms with Gasteiger partial charge in [0.1, 0.15) is 5.75 Å². The summed E-state index contributed by atoms with van der Waals surface area (Å²) >= 11 is 0. The molecule has 0 aromatic heterocycles. The molecule has 7 nitrogen and oxygen atoms in total. The summed E-state index contributed by atoms with van der Waals surface area (Å²) in [7, 11) is 4.99. The second-order valence-corrected chi connectivity index (χ2v) is 9.67. The van der Waals surface area contributed by atoms with Crippen LogP contribution in [0.25, 0.3) is 0 Å². The monoisotopic (exact) mass is 467 g/mol. The van der Waals surface area contributed by atoms with E-state index in [4.69, 9.17) is 28.4 Å². The molecule has 0 bridgehead atoms. The lowest BCUT2D eigenvalue weighted by atomic mass is 9.66. The fourth-order valence-corrected chi connectivity index (χ4v) is 6.63. The van der Waals surface area contributed by atoms with Gasteiger partial charge in [-0.25, -0.2) is 0 Å². The minimum atomic E-state index is -0.319. The van der Waals surface area contributed by atoms with Crippen molar-refractivity contribution in [1.29, 1.82) is 0 Å². The predicted octanol–water partition coefficient (Wildman–Crippen LogP) is 4.95.